The van der Waals surface area contributed by atoms with Crippen LogP contribution in [-0.2, 0) is 13.1 Å². The fourth-order valence-electron chi connectivity index (χ4n) is 4.00. The first-order chi connectivity index (χ1) is 14.1. The van der Waals surface area contributed by atoms with E-state index in [9.17, 15) is 4.79 Å². The number of nitrogens with one attached hydrogen (secondary N) is 2. The summed E-state index contributed by atoms with van der Waals surface area (Å²) in [6.45, 7) is 3.27. The van der Waals surface area contributed by atoms with Gasteiger partial charge in [-0.15, -0.1) is 11.3 Å². The normalized spacial score (nSPS) is 14.8. The van der Waals surface area contributed by atoms with Gasteiger partial charge < -0.3 is 15.2 Å². The Balaban J connectivity index is 1.58. The van der Waals surface area contributed by atoms with Gasteiger partial charge in [-0.05, 0) is 67.0 Å². The highest BCUT2D eigenvalue weighted by Gasteiger charge is 2.19. The first-order valence-corrected chi connectivity index (χ1v) is 11.6. The first kappa shape index (κ1) is 20.1. The van der Waals surface area contributed by atoms with Gasteiger partial charge in [0, 0.05) is 22.0 Å². The number of rotatable bonds is 5. The Kier molecular flexibility index (Phi) is 6.31. The molecule has 0 amide bonds. The molecule has 1 aromatic carbocycles. The van der Waals surface area contributed by atoms with Crippen molar-refractivity contribution in [3.63, 3.8) is 0 Å². The highest BCUT2D eigenvalue weighted by molar-refractivity contribution is 7.80. The van der Waals surface area contributed by atoms with Crippen LogP contribution in [0.15, 0.2) is 46.6 Å². The zero-order valence-corrected chi connectivity index (χ0v) is 18.4. The lowest BCUT2D eigenvalue weighted by Crippen LogP contribution is -2.45. The molecule has 1 aliphatic rings. The van der Waals surface area contributed by atoms with Crippen LogP contribution in [-0.4, -0.2) is 21.0 Å². The Morgan fingerprint density at radius 1 is 1.21 bits per heavy atom. The summed E-state index contributed by atoms with van der Waals surface area (Å²) in [5.41, 5.74) is 2.75. The molecule has 2 heterocycles. The van der Waals surface area contributed by atoms with Crippen LogP contribution in [0.3, 0.4) is 0 Å². The molecule has 1 saturated carbocycles. The van der Waals surface area contributed by atoms with Crippen molar-refractivity contribution in [1.82, 2.24) is 15.2 Å². The molecule has 3 aromatic rings. The molecule has 0 bridgehead atoms. The largest absolute Gasteiger partial charge is 0.360 e. The topological polar surface area (TPSA) is 48.1 Å². The molecule has 0 radical (unpaired) electrons. The summed E-state index contributed by atoms with van der Waals surface area (Å²) in [5, 5.41) is 7.45. The summed E-state index contributed by atoms with van der Waals surface area (Å²) in [6.07, 6.45) is 6.17. The summed E-state index contributed by atoms with van der Waals surface area (Å²) in [6, 6.07) is 12.7. The number of hydrogen-bond acceptors (Lipinski definition) is 3. The molecule has 4 rings (SSSR count). The van der Waals surface area contributed by atoms with Crippen molar-refractivity contribution in [2.24, 2.45) is 0 Å². The van der Waals surface area contributed by atoms with Gasteiger partial charge >= 0.3 is 0 Å². The second-order valence-corrected chi connectivity index (χ2v) is 9.35. The minimum absolute atomic E-state index is 0.0435. The SMILES string of the molecule is Cc1ccc2[nH]c(=O)c(CN(Cc3cccs3)C(=S)NC3CCCCC3)cc2c1. The predicted octanol–water partition coefficient (Wildman–Crippen LogP) is 5.11. The van der Waals surface area contributed by atoms with E-state index in [0.29, 0.717) is 19.1 Å². The number of nitrogens with zero attached hydrogens (tertiary/aromatic N) is 1. The monoisotopic (exact) mass is 425 g/mol. The fourth-order valence-corrected chi connectivity index (χ4v) is 5.01. The van der Waals surface area contributed by atoms with Crippen molar-refractivity contribution in [3.05, 3.63) is 68.1 Å². The zero-order chi connectivity index (χ0) is 20.2. The molecule has 0 unspecified atom stereocenters. The van der Waals surface area contributed by atoms with Crippen molar-refractivity contribution in [2.45, 2.75) is 58.2 Å². The van der Waals surface area contributed by atoms with Gasteiger partial charge in [-0.25, -0.2) is 0 Å². The number of thiophene rings is 1. The molecule has 0 atom stereocenters. The summed E-state index contributed by atoms with van der Waals surface area (Å²) in [5.74, 6) is 0. The molecular weight excluding hydrogens is 398 g/mol. The van der Waals surface area contributed by atoms with Crippen molar-refractivity contribution >= 4 is 39.6 Å². The van der Waals surface area contributed by atoms with Gasteiger partial charge in [-0.1, -0.05) is 37.0 Å². The molecule has 29 heavy (non-hydrogen) atoms. The number of hydrogen-bond donors (Lipinski definition) is 2. The second kappa shape index (κ2) is 9.09. The van der Waals surface area contributed by atoms with E-state index in [4.69, 9.17) is 12.2 Å². The summed E-state index contributed by atoms with van der Waals surface area (Å²) >= 11 is 7.51. The number of benzene rings is 1. The van der Waals surface area contributed by atoms with Gasteiger partial charge in [0.15, 0.2) is 5.11 Å². The molecule has 0 saturated heterocycles. The maximum atomic E-state index is 12.7. The number of thiocarbonyl (C=S) groups is 1. The van der Waals surface area contributed by atoms with Crippen LogP contribution in [0.4, 0.5) is 0 Å². The average molecular weight is 426 g/mol. The maximum absolute atomic E-state index is 12.7. The average Bonchev–Trinajstić information content (AvgIpc) is 3.22. The highest BCUT2D eigenvalue weighted by Crippen LogP contribution is 2.20. The van der Waals surface area contributed by atoms with E-state index in [0.717, 1.165) is 21.6 Å². The van der Waals surface area contributed by atoms with Crippen molar-refractivity contribution in [3.8, 4) is 0 Å². The van der Waals surface area contributed by atoms with Gasteiger partial charge in [0.05, 0.1) is 13.1 Å². The quantitative estimate of drug-likeness (QED) is 0.558. The fraction of sp³-hybridized carbons (Fsp3) is 0.391. The van der Waals surface area contributed by atoms with Crippen molar-refractivity contribution in [1.29, 1.82) is 0 Å². The Bertz CT molecular complexity index is 1040. The molecule has 1 fully saturated rings. The van der Waals surface area contributed by atoms with E-state index in [1.807, 2.05) is 18.2 Å². The Morgan fingerprint density at radius 3 is 2.79 bits per heavy atom. The smallest absolute Gasteiger partial charge is 0.253 e. The zero-order valence-electron chi connectivity index (χ0n) is 16.7. The number of aromatic amines is 1. The summed E-state index contributed by atoms with van der Waals surface area (Å²) in [4.78, 5) is 19.1. The van der Waals surface area contributed by atoms with E-state index < -0.39 is 0 Å². The molecule has 6 heteroatoms. The van der Waals surface area contributed by atoms with E-state index in [1.165, 1.54) is 42.5 Å². The summed E-state index contributed by atoms with van der Waals surface area (Å²) in [7, 11) is 0. The van der Waals surface area contributed by atoms with E-state index in [2.05, 4.69) is 45.7 Å². The molecule has 4 nitrogen and oxygen atoms in total. The van der Waals surface area contributed by atoms with Crippen LogP contribution in [0.2, 0.25) is 0 Å². The van der Waals surface area contributed by atoms with Crippen LogP contribution in [0.25, 0.3) is 10.9 Å². The number of aromatic nitrogens is 1. The Hall–Kier alpha value is -2.18. The first-order valence-electron chi connectivity index (χ1n) is 10.3. The van der Waals surface area contributed by atoms with E-state index >= 15 is 0 Å². The van der Waals surface area contributed by atoms with Crippen LogP contribution in [0.5, 0.6) is 0 Å². The molecule has 152 valence electrons. The molecule has 2 N–H and O–H groups in total. The van der Waals surface area contributed by atoms with Gasteiger partial charge in [0.25, 0.3) is 5.56 Å². The van der Waals surface area contributed by atoms with Crippen LogP contribution >= 0.6 is 23.6 Å². The third kappa shape index (κ3) is 5.06. The van der Waals surface area contributed by atoms with Gasteiger partial charge in [-0.3, -0.25) is 4.79 Å². The minimum Gasteiger partial charge on any atom is -0.360 e. The molecule has 0 aliphatic heterocycles. The Morgan fingerprint density at radius 2 is 2.03 bits per heavy atom. The Labute approximate surface area is 181 Å². The standard InChI is InChI=1S/C23H27N3OS2/c1-16-9-10-21-17(12-16)13-18(22(27)25-21)14-26(15-20-8-5-11-29-20)23(28)24-19-6-3-2-4-7-19/h5,8-13,19H,2-4,6-7,14-15H2,1H3,(H,24,28)(H,25,27). The lowest BCUT2D eigenvalue weighted by atomic mass is 9.96. The van der Waals surface area contributed by atoms with Crippen LogP contribution in [0, 0.1) is 6.92 Å². The third-order valence-electron chi connectivity index (χ3n) is 5.58. The number of pyridine rings is 1. The van der Waals surface area contributed by atoms with Crippen molar-refractivity contribution < 1.29 is 0 Å². The van der Waals surface area contributed by atoms with Gasteiger partial charge in [-0.2, -0.15) is 0 Å². The van der Waals surface area contributed by atoms with Crippen LogP contribution in [0.1, 0.15) is 48.1 Å². The lowest BCUT2D eigenvalue weighted by Gasteiger charge is -2.30. The lowest BCUT2D eigenvalue weighted by molar-refractivity contribution is 0.364. The van der Waals surface area contributed by atoms with E-state index in [-0.39, 0.29) is 5.56 Å². The predicted molar refractivity (Wildman–Crippen MR) is 125 cm³/mol. The molecule has 1 aliphatic carbocycles. The van der Waals surface area contributed by atoms with Crippen LogP contribution < -0.4 is 10.9 Å². The molecule has 2 aromatic heterocycles. The number of H-pyrrole nitrogens is 1. The van der Waals surface area contributed by atoms with E-state index in [1.54, 1.807) is 11.3 Å². The maximum Gasteiger partial charge on any atom is 0.253 e. The highest BCUT2D eigenvalue weighted by atomic mass is 32.1. The molecule has 0 spiro atoms. The molecular formula is C23H27N3OS2. The van der Waals surface area contributed by atoms with Gasteiger partial charge in [0.2, 0.25) is 0 Å². The minimum atomic E-state index is -0.0435. The van der Waals surface area contributed by atoms with Crippen molar-refractivity contribution in [2.75, 3.05) is 0 Å². The van der Waals surface area contributed by atoms with Gasteiger partial charge in [0.1, 0.15) is 0 Å². The number of aryl methyl sites for hydroxylation is 1. The summed E-state index contributed by atoms with van der Waals surface area (Å²) < 4.78 is 0. The third-order valence-corrected chi connectivity index (χ3v) is 6.82. The second-order valence-electron chi connectivity index (χ2n) is 7.93. The number of fused-ring (bicyclic) bond motifs is 1.